The summed E-state index contributed by atoms with van der Waals surface area (Å²) in [5, 5.41) is 9.94. The van der Waals surface area contributed by atoms with Crippen LogP contribution in [0.25, 0.3) is 6.08 Å². The lowest BCUT2D eigenvalue weighted by Gasteiger charge is -2.10. The molecule has 0 heterocycles. The summed E-state index contributed by atoms with van der Waals surface area (Å²) in [5.74, 6) is 0. The minimum absolute atomic E-state index is 0.215. The summed E-state index contributed by atoms with van der Waals surface area (Å²) in [5.41, 5.74) is 2.41. The Balaban J connectivity index is 2.17. The molecule has 1 aliphatic carbocycles. The molecule has 1 fully saturated rings. The Labute approximate surface area is 91.4 Å². The van der Waals surface area contributed by atoms with Gasteiger partial charge >= 0.3 is 0 Å². The van der Waals surface area contributed by atoms with Crippen LogP contribution in [0.2, 0.25) is 0 Å². The van der Waals surface area contributed by atoms with Crippen molar-refractivity contribution in [3.05, 3.63) is 41.5 Å². The molecule has 0 aromatic heterocycles. The van der Waals surface area contributed by atoms with E-state index in [0.717, 1.165) is 19.3 Å². The van der Waals surface area contributed by atoms with E-state index in [4.69, 9.17) is 0 Å². The maximum atomic E-state index is 9.94. The number of hydrogen-bond donors (Lipinski definition) is 1. The van der Waals surface area contributed by atoms with Gasteiger partial charge < -0.3 is 5.11 Å². The summed E-state index contributed by atoms with van der Waals surface area (Å²) in [6.07, 6.45) is 7.55. The van der Waals surface area contributed by atoms with Crippen LogP contribution in [0.4, 0.5) is 0 Å². The average molecular weight is 202 g/mol. The van der Waals surface area contributed by atoms with Gasteiger partial charge in [0, 0.05) is 0 Å². The van der Waals surface area contributed by atoms with Crippen LogP contribution in [0.15, 0.2) is 35.9 Å². The highest BCUT2D eigenvalue weighted by atomic mass is 16.3. The first kappa shape index (κ1) is 10.4. The van der Waals surface area contributed by atoms with Crippen molar-refractivity contribution in [2.45, 2.75) is 38.2 Å². The molecule has 1 nitrogen and oxygen atoms in total. The fourth-order valence-corrected chi connectivity index (χ4v) is 2.13. The molecule has 1 aliphatic rings. The van der Waals surface area contributed by atoms with Crippen LogP contribution in [-0.2, 0) is 0 Å². The molecule has 1 aromatic carbocycles. The van der Waals surface area contributed by atoms with E-state index in [0.29, 0.717) is 0 Å². The van der Waals surface area contributed by atoms with Crippen molar-refractivity contribution < 1.29 is 5.11 Å². The fraction of sp³-hybridized carbons (Fsp3) is 0.429. The molecule has 1 heteroatoms. The molecule has 0 saturated heterocycles. The zero-order chi connectivity index (χ0) is 10.5. The Bertz CT molecular complexity index is 326. The van der Waals surface area contributed by atoms with Crippen molar-refractivity contribution in [2.24, 2.45) is 0 Å². The predicted octanol–water partition coefficient (Wildman–Crippen LogP) is 3.40. The van der Waals surface area contributed by atoms with Crippen LogP contribution in [0, 0.1) is 0 Å². The van der Waals surface area contributed by atoms with Gasteiger partial charge in [-0.3, -0.25) is 0 Å². The van der Waals surface area contributed by atoms with Gasteiger partial charge in [-0.15, -0.1) is 0 Å². The van der Waals surface area contributed by atoms with Gasteiger partial charge in [0.2, 0.25) is 0 Å². The van der Waals surface area contributed by atoms with Crippen molar-refractivity contribution >= 4 is 6.08 Å². The maximum absolute atomic E-state index is 9.94. The van der Waals surface area contributed by atoms with Gasteiger partial charge in [-0.1, -0.05) is 49.2 Å². The van der Waals surface area contributed by atoms with Gasteiger partial charge in [-0.05, 0) is 30.4 Å². The van der Waals surface area contributed by atoms with Crippen molar-refractivity contribution in [2.75, 3.05) is 0 Å². The number of aliphatic hydroxyl groups excluding tert-OH is 1. The number of hydrogen-bond acceptors (Lipinski definition) is 1. The summed E-state index contributed by atoms with van der Waals surface area (Å²) >= 11 is 0. The highest BCUT2D eigenvalue weighted by Crippen LogP contribution is 2.24. The molecule has 0 spiro atoms. The van der Waals surface area contributed by atoms with Gasteiger partial charge in [0.1, 0.15) is 0 Å². The summed E-state index contributed by atoms with van der Waals surface area (Å²) in [6.45, 7) is 0. The third kappa shape index (κ3) is 2.93. The van der Waals surface area contributed by atoms with Crippen LogP contribution in [0.3, 0.4) is 0 Å². The quantitative estimate of drug-likeness (QED) is 0.692. The second-order valence-corrected chi connectivity index (χ2v) is 4.25. The van der Waals surface area contributed by atoms with E-state index in [9.17, 15) is 5.11 Å². The molecule has 1 unspecified atom stereocenters. The van der Waals surface area contributed by atoms with Crippen molar-refractivity contribution in [3.8, 4) is 0 Å². The monoisotopic (exact) mass is 202 g/mol. The number of aliphatic hydroxyl groups is 1. The smallest absolute Gasteiger partial charge is 0.0753 e. The molecule has 80 valence electrons. The maximum Gasteiger partial charge on any atom is 0.0753 e. The van der Waals surface area contributed by atoms with E-state index >= 15 is 0 Å². The minimum Gasteiger partial charge on any atom is -0.389 e. The van der Waals surface area contributed by atoms with Gasteiger partial charge in [-0.25, -0.2) is 0 Å². The van der Waals surface area contributed by atoms with E-state index in [2.05, 4.69) is 18.2 Å². The third-order valence-corrected chi connectivity index (χ3v) is 3.02. The molecule has 0 amide bonds. The molecule has 0 aliphatic heterocycles. The summed E-state index contributed by atoms with van der Waals surface area (Å²) < 4.78 is 0. The Kier molecular flexibility index (Phi) is 3.57. The van der Waals surface area contributed by atoms with Crippen molar-refractivity contribution in [1.82, 2.24) is 0 Å². The third-order valence-electron chi connectivity index (χ3n) is 3.02. The van der Waals surface area contributed by atoms with Crippen LogP contribution in [-0.4, -0.2) is 11.2 Å². The summed E-state index contributed by atoms with van der Waals surface area (Å²) in [6, 6.07) is 10.3. The van der Waals surface area contributed by atoms with Crippen LogP contribution >= 0.6 is 0 Å². The lowest BCUT2D eigenvalue weighted by molar-refractivity contribution is 0.200. The largest absolute Gasteiger partial charge is 0.389 e. The normalized spacial score (nSPS) is 25.1. The fourth-order valence-electron chi connectivity index (χ4n) is 2.13. The molecule has 15 heavy (non-hydrogen) atoms. The molecule has 1 aromatic rings. The standard InChI is InChI=1S/C14H18O/c15-14-10-6-2-5-9-13(14)11-12-7-3-1-4-8-12/h1,3-4,7-8,11,14-15H,2,5-6,9-10H2/b13-11+. The molecular formula is C14H18O. The second kappa shape index (κ2) is 5.13. The van der Waals surface area contributed by atoms with Gasteiger partial charge in [0.25, 0.3) is 0 Å². The topological polar surface area (TPSA) is 20.2 Å². The first-order valence-electron chi connectivity index (χ1n) is 5.80. The summed E-state index contributed by atoms with van der Waals surface area (Å²) in [7, 11) is 0. The first-order valence-corrected chi connectivity index (χ1v) is 5.80. The average Bonchev–Trinajstić information content (AvgIpc) is 2.46. The molecule has 0 radical (unpaired) electrons. The molecule has 2 rings (SSSR count). The molecule has 1 N–H and O–H groups in total. The van der Waals surface area contributed by atoms with E-state index in [-0.39, 0.29) is 6.10 Å². The van der Waals surface area contributed by atoms with Crippen LogP contribution in [0.5, 0.6) is 0 Å². The Morgan fingerprint density at radius 1 is 1.07 bits per heavy atom. The van der Waals surface area contributed by atoms with E-state index in [1.54, 1.807) is 0 Å². The summed E-state index contributed by atoms with van der Waals surface area (Å²) in [4.78, 5) is 0. The van der Waals surface area contributed by atoms with Gasteiger partial charge in [0.15, 0.2) is 0 Å². The first-order chi connectivity index (χ1) is 7.36. The van der Waals surface area contributed by atoms with E-state index in [1.165, 1.54) is 24.0 Å². The van der Waals surface area contributed by atoms with E-state index in [1.807, 2.05) is 18.2 Å². The molecule has 1 saturated carbocycles. The van der Waals surface area contributed by atoms with Crippen molar-refractivity contribution in [1.29, 1.82) is 0 Å². The molecule has 1 atom stereocenters. The highest BCUT2D eigenvalue weighted by molar-refractivity contribution is 5.53. The van der Waals surface area contributed by atoms with Crippen LogP contribution in [0.1, 0.15) is 37.7 Å². The van der Waals surface area contributed by atoms with Crippen molar-refractivity contribution in [3.63, 3.8) is 0 Å². The van der Waals surface area contributed by atoms with Crippen LogP contribution < -0.4 is 0 Å². The van der Waals surface area contributed by atoms with E-state index < -0.39 is 0 Å². The highest BCUT2D eigenvalue weighted by Gasteiger charge is 2.13. The lowest BCUT2D eigenvalue weighted by atomic mass is 10.0. The second-order valence-electron chi connectivity index (χ2n) is 4.25. The molecule has 0 bridgehead atoms. The number of benzene rings is 1. The Morgan fingerprint density at radius 3 is 2.67 bits per heavy atom. The Hall–Kier alpha value is -1.08. The minimum atomic E-state index is -0.215. The Morgan fingerprint density at radius 2 is 1.87 bits per heavy atom. The zero-order valence-electron chi connectivity index (χ0n) is 9.02. The zero-order valence-corrected chi connectivity index (χ0v) is 9.02. The van der Waals surface area contributed by atoms with Gasteiger partial charge in [-0.2, -0.15) is 0 Å². The SMILES string of the molecule is OC1CCCCC/C1=C\c1ccccc1. The van der Waals surface area contributed by atoms with Gasteiger partial charge in [0.05, 0.1) is 6.10 Å². The molecular weight excluding hydrogens is 184 g/mol. The predicted molar refractivity (Wildman–Crippen MR) is 63.5 cm³/mol. The lowest BCUT2D eigenvalue weighted by Crippen LogP contribution is -2.07. The number of rotatable bonds is 1.